The summed E-state index contributed by atoms with van der Waals surface area (Å²) < 4.78 is 0. The number of rotatable bonds is 0. The first-order valence-corrected chi connectivity index (χ1v) is 0. The largest absolute Gasteiger partial charge is 0.412 e. The van der Waals surface area contributed by atoms with Crippen LogP contribution in [0.5, 0.6) is 0 Å². The maximum atomic E-state index is 0. The topological polar surface area (TPSA) is 31.5 Å². The fraction of sp³-hybridized carbons (Fsp3) is 0. The molecule has 2 N–H and O–H groups in total. The van der Waals surface area contributed by atoms with Gasteiger partial charge in [-0.05, 0) is 0 Å². The Labute approximate surface area is 102 Å². The Bertz CT molecular complexity index is 6.85. The van der Waals surface area contributed by atoms with Crippen molar-refractivity contribution in [2.24, 2.45) is 0 Å². The molecule has 0 bridgehead atoms. The Morgan fingerprint density at radius 3 is 0.600 bits per heavy atom. The second kappa shape index (κ2) is 26.3. The summed E-state index contributed by atoms with van der Waals surface area (Å²) in [5.41, 5.74) is 0. The molecule has 0 aromatic heterocycles. The molecule has 0 aliphatic carbocycles. The molecule has 0 aromatic rings. The molecule has 1 atom stereocenters. The average molecular weight is 121 g/mol. The second-order valence-corrected chi connectivity index (χ2v) is 0. The Morgan fingerprint density at radius 2 is 0.600 bits per heavy atom. The Balaban J connectivity index is 0. The fourth-order valence-electron chi connectivity index (χ4n) is 0. The van der Waals surface area contributed by atoms with Gasteiger partial charge >= 0.3 is 0 Å². The van der Waals surface area contributed by atoms with E-state index in [9.17, 15) is 0 Å². The first-order valence-electron chi connectivity index (χ1n) is 0. The molecule has 0 aliphatic heterocycles. The van der Waals surface area contributed by atoms with Crippen LogP contribution in [0.3, 0.4) is 0 Å². The number of hydrogen-bond donors (Lipinski definition) is 0. The van der Waals surface area contributed by atoms with Gasteiger partial charge in [0, 0.05) is 88.7 Å². The van der Waals surface area contributed by atoms with E-state index in [1.807, 2.05) is 0 Å². The summed E-state index contributed by atoms with van der Waals surface area (Å²) in [6, 6.07) is 0. The molecular formula is H5Na3OP. The summed E-state index contributed by atoms with van der Waals surface area (Å²) in [5.74, 6) is 0. The first-order chi connectivity index (χ1) is 0. The first kappa shape index (κ1) is 39.9. The predicted octanol–water partition coefficient (Wildman–Crippen LogP) is -1.91. The molecule has 5 heteroatoms. The van der Waals surface area contributed by atoms with E-state index < -0.39 is 0 Å². The van der Waals surface area contributed by atoms with Gasteiger partial charge in [-0.1, -0.05) is 0 Å². The van der Waals surface area contributed by atoms with Crippen molar-refractivity contribution in [3.8, 4) is 0 Å². The molecule has 0 aromatic carbocycles. The van der Waals surface area contributed by atoms with E-state index in [1.165, 1.54) is 0 Å². The zero-order valence-corrected chi connectivity index (χ0v) is 11.6. The van der Waals surface area contributed by atoms with Crippen molar-refractivity contribution >= 4 is 98.6 Å². The van der Waals surface area contributed by atoms with E-state index in [0.717, 1.165) is 0 Å². The summed E-state index contributed by atoms with van der Waals surface area (Å²) in [6.07, 6.45) is 0. The maximum absolute atomic E-state index is 0. The van der Waals surface area contributed by atoms with Crippen LogP contribution in [-0.4, -0.2) is 94.1 Å². The van der Waals surface area contributed by atoms with Crippen LogP contribution in [0.4, 0.5) is 0 Å². The molecule has 0 saturated carbocycles. The predicted molar refractivity (Wildman–Crippen MR) is 32.0 cm³/mol. The zero-order valence-electron chi connectivity index (χ0n) is 4.21. The molecule has 0 rings (SSSR count). The Kier molecular flexibility index (Phi) is 209. The molecule has 1 unspecified atom stereocenters. The minimum atomic E-state index is 0. The van der Waals surface area contributed by atoms with Crippen molar-refractivity contribution in [1.29, 1.82) is 0 Å². The van der Waals surface area contributed by atoms with Gasteiger partial charge in [-0.3, -0.25) is 0 Å². The van der Waals surface area contributed by atoms with E-state index in [-0.39, 0.29) is 104 Å². The van der Waals surface area contributed by atoms with Gasteiger partial charge in [-0.15, -0.1) is 0 Å². The minimum Gasteiger partial charge on any atom is -0.412 e. The Hall–Kier alpha value is 3.39. The van der Waals surface area contributed by atoms with Crippen LogP contribution in [0.25, 0.3) is 0 Å². The van der Waals surface area contributed by atoms with Gasteiger partial charge in [0.25, 0.3) is 0 Å². The molecule has 19 valence electrons. The standard InChI is InChI=1S/3Na.H2O.H3P/h;;;1H2;1H3. The molecule has 0 heterocycles. The van der Waals surface area contributed by atoms with Crippen LogP contribution in [0.15, 0.2) is 0 Å². The monoisotopic (exact) mass is 121 g/mol. The second-order valence-electron chi connectivity index (χ2n) is 0. The van der Waals surface area contributed by atoms with Crippen LogP contribution >= 0.6 is 9.90 Å². The van der Waals surface area contributed by atoms with Gasteiger partial charge in [0.1, 0.15) is 0 Å². The molecule has 0 amide bonds. The SMILES string of the molecule is O.P.[Na].[Na].[Na]. The van der Waals surface area contributed by atoms with Crippen LogP contribution in [0.2, 0.25) is 0 Å². The summed E-state index contributed by atoms with van der Waals surface area (Å²) in [6.45, 7) is 0. The van der Waals surface area contributed by atoms with Gasteiger partial charge in [0.05, 0.1) is 0 Å². The van der Waals surface area contributed by atoms with E-state index in [1.54, 1.807) is 0 Å². The van der Waals surface area contributed by atoms with Crippen LogP contribution in [0.1, 0.15) is 0 Å². The van der Waals surface area contributed by atoms with Gasteiger partial charge < -0.3 is 5.48 Å². The smallest absolute Gasteiger partial charge is 0 e. The van der Waals surface area contributed by atoms with E-state index in [0.29, 0.717) is 0 Å². The van der Waals surface area contributed by atoms with Crippen LogP contribution in [-0.2, 0) is 0 Å². The van der Waals surface area contributed by atoms with E-state index in [4.69, 9.17) is 0 Å². The molecule has 0 spiro atoms. The molecular weight excluding hydrogens is 116 g/mol. The molecule has 0 saturated heterocycles. The average Bonchev–Trinajstić information content (AvgIpc) is 0. The van der Waals surface area contributed by atoms with Gasteiger partial charge in [-0.25, -0.2) is 0 Å². The zero-order chi connectivity index (χ0) is 0. The molecule has 0 aliphatic rings. The molecule has 0 fully saturated rings. The Morgan fingerprint density at radius 1 is 0.600 bits per heavy atom. The minimum absolute atomic E-state index is 0. The van der Waals surface area contributed by atoms with Gasteiger partial charge in [-0.2, -0.15) is 9.90 Å². The van der Waals surface area contributed by atoms with Crippen molar-refractivity contribution < 1.29 is 5.48 Å². The van der Waals surface area contributed by atoms with E-state index >= 15 is 0 Å². The van der Waals surface area contributed by atoms with Crippen LogP contribution < -0.4 is 0 Å². The van der Waals surface area contributed by atoms with Gasteiger partial charge in [0.2, 0.25) is 0 Å². The third kappa shape index (κ3) is 18.7. The third-order valence-electron chi connectivity index (χ3n) is 0. The quantitative estimate of drug-likeness (QED) is 0.264. The van der Waals surface area contributed by atoms with Crippen molar-refractivity contribution in [1.82, 2.24) is 0 Å². The fourth-order valence-corrected chi connectivity index (χ4v) is 0. The summed E-state index contributed by atoms with van der Waals surface area (Å²) in [5, 5.41) is 0. The van der Waals surface area contributed by atoms with Crippen molar-refractivity contribution in [3.63, 3.8) is 0 Å². The molecule has 1 nitrogen and oxygen atoms in total. The number of hydrogen-bond acceptors (Lipinski definition) is 0. The molecule has 5 heavy (non-hydrogen) atoms. The summed E-state index contributed by atoms with van der Waals surface area (Å²) in [7, 11) is 0. The van der Waals surface area contributed by atoms with Crippen molar-refractivity contribution in [2.75, 3.05) is 0 Å². The summed E-state index contributed by atoms with van der Waals surface area (Å²) >= 11 is 0. The van der Waals surface area contributed by atoms with Gasteiger partial charge in [0.15, 0.2) is 0 Å². The third-order valence-corrected chi connectivity index (χ3v) is 0. The van der Waals surface area contributed by atoms with Crippen molar-refractivity contribution in [2.45, 2.75) is 0 Å². The summed E-state index contributed by atoms with van der Waals surface area (Å²) in [4.78, 5) is 0. The van der Waals surface area contributed by atoms with E-state index in [2.05, 4.69) is 0 Å². The normalized spacial score (nSPS) is 0. The van der Waals surface area contributed by atoms with Crippen molar-refractivity contribution in [3.05, 3.63) is 0 Å². The molecule has 3 radical (unpaired) electrons. The maximum Gasteiger partial charge on any atom is 0 e. The van der Waals surface area contributed by atoms with Crippen LogP contribution in [0, 0.1) is 0 Å².